The zero-order chi connectivity index (χ0) is 26.9. The average Bonchev–Trinajstić information content (AvgIpc) is 3.52. The smallest absolute Gasteiger partial charge is 0.174 e. The molecule has 4 atom stereocenters. The third kappa shape index (κ3) is 5.25. The molecule has 0 bridgehead atoms. The van der Waals surface area contributed by atoms with Crippen molar-refractivity contribution in [2.45, 2.75) is 38.9 Å². The van der Waals surface area contributed by atoms with Gasteiger partial charge in [-0.25, -0.2) is 0 Å². The van der Waals surface area contributed by atoms with Crippen LogP contribution in [-0.4, -0.2) is 32.7 Å². The van der Waals surface area contributed by atoms with Crippen LogP contribution in [0.4, 0.5) is 11.4 Å². The van der Waals surface area contributed by atoms with Crippen LogP contribution in [-0.2, 0) is 6.54 Å². The van der Waals surface area contributed by atoms with Crippen molar-refractivity contribution in [2.75, 3.05) is 22.9 Å². The number of thiocarbonyl (C=S) groups is 1. The van der Waals surface area contributed by atoms with E-state index in [2.05, 4.69) is 87.2 Å². The molecule has 2 saturated heterocycles. The number of hydrogen-bond acceptors (Lipinski definition) is 4. The van der Waals surface area contributed by atoms with Gasteiger partial charge in [0.05, 0.1) is 22.4 Å². The van der Waals surface area contributed by atoms with Crippen molar-refractivity contribution in [1.29, 1.82) is 0 Å². The number of anilines is 2. The van der Waals surface area contributed by atoms with E-state index in [9.17, 15) is 0 Å². The molecule has 2 aliphatic heterocycles. The minimum absolute atomic E-state index is 0.115. The molecule has 0 spiro atoms. The molecule has 6 nitrogen and oxygen atoms in total. The van der Waals surface area contributed by atoms with E-state index in [-0.39, 0.29) is 12.1 Å². The molecule has 200 valence electrons. The van der Waals surface area contributed by atoms with Gasteiger partial charge in [-0.1, -0.05) is 37.6 Å². The van der Waals surface area contributed by atoms with Crippen LogP contribution in [0.15, 0.2) is 85.5 Å². The largest absolute Gasteiger partial charge is 0.370 e. The summed E-state index contributed by atoms with van der Waals surface area (Å²) in [5.74, 6) is 1.30. The maximum Gasteiger partial charge on any atom is 0.174 e. The number of nitrogens with zero attached hydrogens (tertiary/aromatic N) is 5. The lowest BCUT2D eigenvalue weighted by Crippen LogP contribution is -2.38. The Balaban J connectivity index is 1.39. The Morgan fingerprint density at radius 3 is 2.56 bits per heavy atom. The molecule has 4 aromatic rings. The average molecular weight is 557 g/mol. The van der Waals surface area contributed by atoms with Crippen LogP contribution in [0.1, 0.15) is 49.3 Å². The van der Waals surface area contributed by atoms with E-state index in [1.54, 1.807) is 6.20 Å². The fraction of sp³-hybridized carbons (Fsp3) is 0.323. The van der Waals surface area contributed by atoms with E-state index < -0.39 is 0 Å². The number of aromatic nitrogens is 3. The van der Waals surface area contributed by atoms with Gasteiger partial charge in [0.25, 0.3) is 0 Å². The van der Waals surface area contributed by atoms with E-state index in [0.29, 0.717) is 23.5 Å². The summed E-state index contributed by atoms with van der Waals surface area (Å²) >= 11 is 13.0. The van der Waals surface area contributed by atoms with Crippen LogP contribution in [0.3, 0.4) is 0 Å². The molecule has 39 heavy (non-hydrogen) atoms. The zero-order valence-electron chi connectivity index (χ0n) is 22.2. The summed E-state index contributed by atoms with van der Waals surface area (Å²) in [6.45, 7) is 7.41. The third-order valence-corrected chi connectivity index (χ3v) is 8.38. The fourth-order valence-electron chi connectivity index (χ4n) is 6.22. The van der Waals surface area contributed by atoms with Crippen LogP contribution in [0, 0.1) is 11.8 Å². The minimum atomic E-state index is -0.122. The zero-order valence-corrected chi connectivity index (χ0v) is 23.8. The molecule has 3 aromatic heterocycles. The highest BCUT2D eigenvalue weighted by atomic mass is 35.5. The number of rotatable bonds is 6. The lowest BCUT2D eigenvalue weighted by Gasteiger charge is -2.37. The molecule has 2 fully saturated rings. The van der Waals surface area contributed by atoms with Gasteiger partial charge in [0.15, 0.2) is 5.11 Å². The van der Waals surface area contributed by atoms with Gasteiger partial charge in [-0.05, 0) is 84.6 Å². The molecule has 1 N–H and O–H groups in total. The number of halogens is 1. The Bertz CT molecular complexity index is 1430. The maximum atomic E-state index is 6.99. The summed E-state index contributed by atoms with van der Waals surface area (Å²) < 4.78 is 2.27. The van der Waals surface area contributed by atoms with Gasteiger partial charge in [-0.3, -0.25) is 9.97 Å². The molecule has 0 saturated carbocycles. The molecule has 1 aromatic carbocycles. The van der Waals surface area contributed by atoms with Crippen LogP contribution in [0.5, 0.6) is 0 Å². The highest BCUT2D eigenvalue weighted by Gasteiger charge is 2.42. The third-order valence-electron chi connectivity index (χ3n) is 7.76. The van der Waals surface area contributed by atoms with E-state index in [1.807, 2.05) is 30.6 Å². The molecule has 0 radical (unpaired) electrons. The first-order valence-corrected chi connectivity index (χ1v) is 14.4. The number of pyridine rings is 2. The van der Waals surface area contributed by atoms with Crippen molar-refractivity contribution in [3.8, 4) is 0 Å². The fourth-order valence-corrected chi connectivity index (χ4v) is 6.86. The first-order chi connectivity index (χ1) is 19.0. The molecule has 6 rings (SSSR count). The van der Waals surface area contributed by atoms with Gasteiger partial charge in [-0.15, -0.1) is 0 Å². The van der Waals surface area contributed by atoms with E-state index in [0.717, 1.165) is 46.4 Å². The topological polar surface area (TPSA) is 49.2 Å². The summed E-state index contributed by atoms with van der Waals surface area (Å²) in [7, 11) is 0. The van der Waals surface area contributed by atoms with Gasteiger partial charge < -0.3 is 19.7 Å². The first-order valence-electron chi connectivity index (χ1n) is 13.6. The van der Waals surface area contributed by atoms with Crippen molar-refractivity contribution in [3.05, 3.63) is 107 Å². The van der Waals surface area contributed by atoms with Crippen molar-refractivity contribution in [2.24, 2.45) is 11.8 Å². The molecular weight excluding hydrogens is 524 g/mol. The van der Waals surface area contributed by atoms with Crippen molar-refractivity contribution >= 4 is 40.3 Å². The van der Waals surface area contributed by atoms with Crippen LogP contribution in [0.2, 0.25) is 5.02 Å². The lowest BCUT2D eigenvalue weighted by molar-refractivity contribution is 0.357. The van der Waals surface area contributed by atoms with Gasteiger partial charge in [0.2, 0.25) is 0 Å². The lowest BCUT2D eigenvalue weighted by atomic mass is 9.91. The maximum absolute atomic E-state index is 6.99. The van der Waals surface area contributed by atoms with E-state index in [1.165, 1.54) is 6.42 Å². The molecule has 0 amide bonds. The Hall–Kier alpha value is -3.42. The second kappa shape index (κ2) is 11.0. The van der Waals surface area contributed by atoms with Crippen LogP contribution < -0.4 is 15.1 Å². The van der Waals surface area contributed by atoms with Gasteiger partial charge in [0, 0.05) is 55.8 Å². The van der Waals surface area contributed by atoms with Crippen molar-refractivity contribution < 1.29 is 0 Å². The summed E-state index contributed by atoms with van der Waals surface area (Å²) in [6, 6.07) is 20.5. The van der Waals surface area contributed by atoms with E-state index in [4.69, 9.17) is 28.8 Å². The molecule has 2 aliphatic rings. The SMILES string of the molecule is C[C@@H]1C[C@H](C)CN(c2ccc(N3C(=S)N[C@@H](c4ccccn4)[C@@H]3c3cccn3Cc3cccnc3)cc2Cl)C1. The predicted octanol–water partition coefficient (Wildman–Crippen LogP) is 6.64. The summed E-state index contributed by atoms with van der Waals surface area (Å²) in [6.07, 6.45) is 8.93. The van der Waals surface area contributed by atoms with Crippen molar-refractivity contribution in [3.63, 3.8) is 0 Å². The first kappa shape index (κ1) is 25.8. The normalized spacial score (nSPS) is 23.2. The highest BCUT2D eigenvalue weighted by molar-refractivity contribution is 7.80. The standard InChI is InChI=1S/C31H33ClN6S/c1-21-15-22(2)19-37(18-21)27-11-10-24(16-25(27)32)38-30(29(35-31(38)39)26-8-3-4-13-34-26)28-9-6-14-36(28)20-23-7-5-12-33-17-23/h3-14,16-17,21-22,29-30H,15,18-20H2,1-2H3,(H,35,39)/t21-,22+,29-,30-/m0/s1. The number of hydrogen-bond donors (Lipinski definition) is 1. The molecule has 5 heterocycles. The minimum Gasteiger partial charge on any atom is -0.370 e. The Kier molecular flexibility index (Phi) is 7.28. The van der Waals surface area contributed by atoms with Crippen molar-refractivity contribution in [1.82, 2.24) is 19.9 Å². The Morgan fingerprint density at radius 2 is 1.85 bits per heavy atom. The predicted molar refractivity (Wildman–Crippen MR) is 162 cm³/mol. The second-order valence-electron chi connectivity index (χ2n) is 10.9. The summed E-state index contributed by atoms with van der Waals surface area (Å²) in [5.41, 5.74) is 5.29. The summed E-state index contributed by atoms with van der Waals surface area (Å²) in [5, 5.41) is 4.99. The number of nitrogens with one attached hydrogen (secondary N) is 1. The van der Waals surface area contributed by atoms with Gasteiger partial charge >= 0.3 is 0 Å². The van der Waals surface area contributed by atoms with E-state index >= 15 is 0 Å². The second-order valence-corrected chi connectivity index (χ2v) is 11.7. The monoisotopic (exact) mass is 556 g/mol. The quantitative estimate of drug-likeness (QED) is 0.269. The number of piperidine rings is 1. The molecule has 8 heteroatoms. The molecule has 0 unspecified atom stereocenters. The van der Waals surface area contributed by atoms with Gasteiger partial charge in [-0.2, -0.15) is 0 Å². The van der Waals surface area contributed by atoms with Crippen LogP contribution >= 0.6 is 23.8 Å². The summed E-state index contributed by atoms with van der Waals surface area (Å²) in [4.78, 5) is 13.6. The number of benzene rings is 1. The Morgan fingerprint density at radius 1 is 1.00 bits per heavy atom. The Labute approximate surface area is 240 Å². The molecular formula is C31H33ClN6S. The van der Waals surface area contributed by atoms with Crippen LogP contribution in [0.25, 0.3) is 0 Å². The highest BCUT2D eigenvalue weighted by Crippen LogP contribution is 2.43. The molecule has 0 aliphatic carbocycles. The van der Waals surface area contributed by atoms with Gasteiger partial charge in [0.1, 0.15) is 6.04 Å².